The molecule has 150 valence electrons. The molecule has 1 aromatic carbocycles. The molecule has 0 amide bonds. The van der Waals surface area contributed by atoms with E-state index in [4.69, 9.17) is 9.84 Å². The molecule has 1 aliphatic rings. The number of benzene rings is 1. The largest absolute Gasteiger partial charge is 0.494 e. The summed E-state index contributed by atoms with van der Waals surface area (Å²) >= 11 is 0. The topological polar surface area (TPSA) is 53.4 Å². The molecule has 1 aromatic heterocycles. The highest BCUT2D eigenvalue weighted by atomic mass is 16.5. The van der Waals surface area contributed by atoms with Crippen LogP contribution < -0.4 is 4.74 Å². The molecule has 1 heterocycles. The van der Waals surface area contributed by atoms with Gasteiger partial charge in [-0.25, -0.2) is 4.79 Å². The van der Waals surface area contributed by atoms with Gasteiger partial charge in [0.1, 0.15) is 5.75 Å². The minimum Gasteiger partial charge on any atom is -0.494 e. The number of nitrogens with zero attached hydrogens (tertiary/aromatic N) is 2. The van der Waals surface area contributed by atoms with E-state index in [1.807, 2.05) is 18.2 Å². The maximum Gasteiger partial charge on any atom is 0.330 e. The van der Waals surface area contributed by atoms with Gasteiger partial charge in [0.2, 0.25) is 0 Å². The van der Waals surface area contributed by atoms with Crippen molar-refractivity contribution in [3.63, 3.8) is 0 Å². The summed E-state index contributed by atoms with van der Waals surface area (Å²) in [5.41, 5.74) is 2.96. The van der Waals surface area contributed by atoms with Crippen LogP contribution in [-0.2, 0) is 9.53 Å². The average molecular weight is 383 g/mol. The molecule has 0 atom stereocenters. The number of unbranched alkanes of at least 4 members (excludes halogenated alkanes) is 1. The van der Waals surface area contributed by atoms with Crippen LogP contribution in [0.4, 0.5) is 0 Å². The third-order valence-electron chi connectivity index (χ3n) is 5.18. The van der Waals surface area contributed by atoms with E-state index in [-0.39, 0.29) is 5.97 Å². The molecule has 0 aliphatic heterocycles. The lowest BCUT2D eigenvalue weighted by atomic mass is 9.95. The standard InChI is InChI=1S/C23H30N2O3/c1-3-4-16-28-21-13-10-18(11-14-21)22-17-19(12-15-23(26)27-2)24-25(22)20-8-6-5-7-9-20/h10-15,17,20H,3-9,16H2,1-2H3/b15-12+. The van der Waals surface area contributed by atoms with Gasteiger partial charge in [0.25, 0.3) is 0 Å². The summed E-state index contributed by atoms with van der Waals surface area (Å²) in [6, 6.07) is 10.7. The molecule has 0 saturated heterocycles. The van der Waals surface area contributed by atoms with Crippen molar-refractivity contribution < 1.29 is 14.3 Å². The second kappa shape index (κ2) is 10.1. The van der Waals surface area contributed by atoms with Crippen LogP contribution in [0.25, 0.3) is 17.3 Å². The van der Waals surface area contributed by atoms with Gasteiger partial charge < -0.3 is 9.47 Å². The fourth-order valence-corrected chi connectivity index (χ4v) is 3.59. The Morgan fingerprint density at radius 1 is 1.21 bits per heavy atom. The Kier molecular flexibility index (Phi) is 7.29. The number of rotatable bonds is 8. The van der Waals surface area contributed by atoms with Gasteiger partial charge in [-0.3, -0.25) is 4.68 Å². The highest BCUT2D eigenvalue weighted by Gasteiger charge is 2.20. The zero-order valence-electron chi connectivity index (χ0n) is 16.9. The van der Waals surface area contributed by atoms with E-state index >= 15 is 0 Å². The molecule has 0 bridgehead atoms. The molecule has 5 nitrogen and oxygen atoms in total. The molecular formula is C23H30N2O3. The number of methoxy groups -OCH3 is 1. The van der Waals surface area contributed by atoms with Gasteiger partial charge in [0, 0.05) is 11.6 Å². The molecule has 2 aromatic rings. The molecule has 1 aliphatic carbocycles. The summed E-state index contributed by atoms with van der Waals surface area (Å²) in [5.74, 6) is 0.522. The highest BCUT2D eigenvalue weighted by molar-refractivity contribution is 5.86. The monoisotopic (exact) mass is 382 g/mol. The Morgan fingerprint density at radius 2 is 1.96 bits per heavy atom. The van der Waals surface area contributed by atoms with Gasteiger partial charge in [-0.1, -0.05) is 32.6 Å². The van der Waals surface area contributed by atoms with Crippen LogP contribution in [0, 0.1) is 0 Å². The quantitative estimate of drug-likeness (QED) is 0.347. The van der Waals surface area contributed by atoms with Gasteiger partial charge in [-0.2, -0.15) is 5.10 Å². The molecule has 1 fully saturated rings. The van der Waals surface area contributed by atoms with Crippen LogP contribution in [0.5, 0.6) is 5.75 Å². The predicted molar refractivity (Wildman–Crippen MR) is 111 cm³/mol. The van der Waals surface area contributed by atoms with Crippen LogP contribution in [0.15, 0.2) is 36.4 Å². The number of hydrogen-bond donors (Lipinski definition) is 0. The van der Waals surface area contributed by atoms with Gasteiger partial charge in [0.15, 0.2) is 0 Å². The SMILES string of the molecule is CCCCOc1ccc(-c2cc(/C=C/C(=O)OC)nn2C2CCCCC2)cc1. The van der Waals surface area contributed by atoms with Crippen molar-refractivity contribution in [2.24, 2.45) is 0 Å². The minimum atomic E-state index is -0.373. The number of carbonyl (C=O) groups excluding carboxylic acids is 1. The van der Waals surface area contributed by atoms with Crippen molar-refractivity contribution in [1.82, 2.24) is 9.78 Å². The van der Waals surface area contributed by atoms with Crippen molar-refractivity contribution in [3.8, 4) is 17.0 Å². The zero-order valence-corrected chi connectivity index (χ0v) is 16.9. The Labute approximate surface area is 167 Å². The fraction of sp³-hybridized carbons (Fsp3) is 0.478. The van der Waals surface area contributed by atoms with E-state index < -0.39 is 0 Å². The molecule has 0 unspecified atom stereocenters. The average Bonchev–Trinajstić information content (AvgIpc) is 3.17. The molecule has 1 saturated carbocycles. The first-order valence-electron chi connectivity index (χ1n) is 10.3. The lowest BCUT2D eigenvalue weighted by molar-refractivity contribution is -0.134. The maximum atomic E-state index is 11.4. The van der Waals surface area contributed by atoms with Crippen LogP contribution in [0.2, 0.25) is 0 Å². The second-order valence-corrected chi connectivity index (χ2v) is 7.27. The van der Waals surface area contributed by atoms with Crippen molar-refractivity contribution in [2.75, 3.05) is 13.7 Å². The number of hydrogen-bond acceptors (Lipinski definition) is 4. The molecule has 28 heavy (non-hydrogen) atoms. The van der Waals surface area contributed by atoms with E-state index in [0.717, 1.165) is 55.0 Å². The molecule has 0 N–H and O–H groups in total. The summed E-state index contributed by atoms with van der Waals surface area (Å²) in [7, 11) is 1.38. The van der Waals surface area contributed by atoms with E-state index in [1.165, 1.54) is 32.4 Å². The Balaban J connectivity index is 1.85. The van der Waals surface area contributed by atoms with Gasteiger partial charge >= 0.3 is 5.97 Å². The maximum absolute atomic E-state index is 11.4. The summed E-state index contributed by atoms with van der Waals surface area (Å²) < 4.78 is 12.6. The van der Waals surface area contributed by atoms with Gasteiger partial charge in [0.05, 0.1) is 31.1 Å². The van der Waals surface area contributed by atoms with E-state index in [9.17, 15) is 4.79 Å². The van der Waals surface area contributed by atoms with Gasteiger partial charge in [-0.15, -0.1) is 0 Å². The van der Waals surface area contributed by atoms with E-state index in [1.54, 1.807) is 6.08 Å². The predicted octanol–water partition coefficient (Wildman–Crippen LogP) is 5.42. The third-order valence-corrected chi connectivity index (χ3v) is 5.18. The highest BCUT2D eigenvalue weighted by Crippen LogP contribution is 2.33. The molecule has 5 heteroatoms. The van der Waals surface area contributed by atoms with Crippen LogP contribution in [0.3, 0.4) is 0 Å². The van der Waals surface area contributed by atoms with Gasteiger partial charge in [-0.05, 0) is 55.7 Å². The Morgan fingerprint density at radius 3 is 2.64 bits per heavy atom. The normalized spacial score (nSPS) is 15.1. The number of ether oxygens (including phenoxy) is 2. The number of carbonyl (C=O) groups is 1. The Bertz CT molecular complexity index is 787. The summed E-state index contributed by atoms with van der Waals surface area (Å²) in [5, 5.41) is 4.79. The molecule has 0 radical (unpaired) electrons. The number of esters is 1. The van der Waals surface area contributed by atoms with Crippen molar-refractivity contribution in [1.29, 1.82) is 0 Å². The smallest absolute Gasteiger partial charge is 0.330 e. The molecule has 0 spiro atoms. The van der Waals surface area contributed by atoms with Crippen LogP contribution >= 0.6 is 0 Å². The van der Waals surface area contributed by atoms with Crippen LogP contribution in [-0.4, -0.2) is 29.5 Å². The van der Waals surface area contributed by atoms with Crippen molar-refractivity contribution in [2.45, 2.75) is 57.9 Å². The summed E-state index contributed by atoms with van der Waals surface area (Å²) in [6.07, 6.45) is 11.4. The molecule has 3 rings (SSSR count). The van der Waals surface area contributed by atoms with E-state index in [2.05, 4.69) is 28.5 Å². The van der Waals surface area contributed by atoms with Crippen molar-refractivity contribution >= 4 is 12.0 Å². The summed E-state index contributed by atoms with van der Waals surface area (Å²) in [4.78, 5) is 11.4. The minimum absolute atomic E-state index is 0.373. The first-order valence-corrected chi connectivity index (χ1v) is 10.3. The third kappa shape index (κ3) is 5.24. The second-order valence-electron chi connectivity index (χ2n) is 7.27. The van der Waals surface area contributed by atoms with E-state index in [0.29, 0.717) is 6.04 Å². The lowest BCUT2D eigenvalue weighted by Crippen LogP contribution is -2.15. The summed E-state index contributed by atoms with van der Waals surface area (Å²) in [6.45, 7) is 2.91. The first-order chi connectivity index (χ1) is 13.7. The fourth-order valence-electron chi connectivity index (χ4n) is 3.59. The number of aromatic nitrogens is 2. The Hall–Kier alpha value is -2.56. The van der Waals surface area contributed by atoms with Crippen molar-refractivity contribution in [3.05, 3.63) is 42.1 Å². The molecular weight excluding hydrogens is 352 g/mol. The zero-order chi connectivity index (χ0) is 19.8. The first kappa shape index (κ1) is 20.2. The lowest BCUT2D eigenvalue weighted by Gasteiger charge is -2.24. The van der Waals surface area contributed by atoms with Crippen LogP contribution in [0.1, 0.15) is 63.6 Å².